The first-order valence-corrected chi connectivity index (χ1v) is 7.83. The number of aliphatic hydroxyl groups excluding tert-OH is 1. The summed E-state index contributed by atoms with van der Waals surface area (Å²) >= 11 is 0. The lowest BCUT2D eigenvalue weighted by atomic mass is 10.4. The van der Waals surface area contributed by atoms with Crippen LogP contribution in [-0.4, -0.2) is 19.8 Å². The van der Waals surface area contributed by atoms with Crippen LogP contribution in [0.15, 0.2) is 12.2 Å². The molecule has 0 spiro atoms. The third-order valence-corrected chi connectivity index (χ3v) is 1.93. The van der Waals surface area contributed by atoms with Crippen molar-refractivity contribution >= 4 is 8.07 Å². The molecule has 0 aromatic rings. The van der Waals surface area contributed by atoms with Crippen molar-refractivity contribution in [2.24, 2.45) is 0 Å². The first-order valence-electron chi connectivity index (χ1n) is 4.33. The van der Waals surface area contributed by atoms with Crippen molar-refractivity contribution < 1.29 is 5.11 Å². The van der Waals surface area contributed by atoms with E-state index in [0.29, 0.717) is 6.42 Å². The molecule has 70 valence electrons. The summed E-state index contributed by atoms with van der Waals surface area (Å²) in [5.41, 5.74) is 3.20. The van der Waals surface area contributed by atoms with Crippen molar-refractivity contribution in [3.8, 4) is 23.3 Å². The van der Waals surface area contributed by atoms with E-state index in [0.717, 1.165) is 0 Å². The lowest BCUT2D eigenvalue weighted by Crippen LogP contribution is -2.16. The molecule has 13 heavy (non-hydrogen) atoms. The Hall–Kier alpha value is -0.963. The predicted octanol–water partition coefficient (Wildman–Crippen LogP) is 1.81. The highest BCUT2D eigenvalue weighted by Gasteiger charge is 2.06. The molecule has 0 aliphatic rings. The molecule has 0 atom stereocenters. The Balaban J connectivity index is 3.88. The van der Waals surface area contributed by atoms with Gasteiger partial charge >= 0.3 is 0 Å². The summed E-state index contributed by atoms with van der Waals surface area (Å²) < 4.78 is 0. The van der Waals surface area contributed by atoms with E-state index in [1.54, 1.807) is 12.2 Å². The molecule has 0 amide bonds. The largest absolute Gasteiger partial charge is 0.395 e. The van der Waals surface area contributed by atoms with Crippen LogP contribution in [0.2, 0.25) is 19.6 Å². The monoisotopic (exact) mass is 192 g/mol. The standard InChI is InChI=1S/C11H16OSi/c1-13(2,3)11-9-7-5-4-6-8-10-12/h5,7,12H,8,10H2,1-3H3/b7-5-. The molecule has 0 aliphatic carbocycles. The summed E-state index contributed by atoms with van der Waals surface area (Å²) in [6.07, 6.45) is 4.03. The van der Waals surface area contributed by atoms with Gasteiger partial charge in [-0.3, -0.25) is 0 Å². The molecule has 0 heterocycles. The minimum atomic E-state index is -1.23. The van der Waals surface area contributed by atoms with Crippen LogP contribution in [0.5, 0.6) is 0 Å². The SMILES string of the molecule is C[Si](C)(C)C#C/C=C\C#CCCO. The maximum atomic E-state index is 8.43. The molecule has 0 rings (SSSR count). The molecule has 0 saturated carbocycles. The summed E-state index contributed by atoms with van der Waals surface area (Å²) in [7, 11) is -1.23. The lowest BCUT2D eigenvalue weighted by molar-refractivity contribution is 0.305. The number of hydrogen-bond donors (Lipinski definition) is 1. The fraction of sp³-hybridized carbons (Fsp3) is 0.455. The van der Waals surface area contributed by atoms with E-state index in [1.165, 1.54) is 0 Å². The van der Waals surface area contributed by atoms with Gasteiger partial charge in [0, 0.05) is 6.42 Å². The molecule has 0 radical (unpaired) electrons. The van der Waals surface area contributed by atoms with Crippen molar-refractivity contribution in [2.75, 3.05) is 6.61 Å². The zero-order valence-electron chi connectivity index (χ0n) is 8.52. The summed E-state index contributed by atoms with van der Waals surface area (Å²) in [5.74, 6) is 8.55. The fourth-order valence-corrected chi connectivity index (χ4v) is 1.04. The Labute approximate surface area is 81.9 Å². The first-order chi connectivity index (χ1) is 6.06. The molecular weight excluding hydrogens is 176 g/mol. The van der Waals surface area contributed by atoms with Crippen LogP contribution in [0.4, 0.5) is 0 Å². The second kappa shape index (κ2) is 6.54. The van der Waals surface area contributed by atoms with Crippen LogP contribution >= 0.6 is 0 Å². The summed E-state index contributed by atoms with van der Waals surface area (Å²) in [5, 5.41) is 8.43. The van der Waals surface area contributed by atoms with Gasteiger partial charge in [0.1, 0.15) is 8.07 Å². The molecule has 0 aromatic carbocycles. The van der Waals surface area contributed by atoms with Crippen molar-refractivity contribution in [1.29, 1.82) is 0 Å². The van der Waals surface area contributed by atoms with Crippen LogP contribution in [0.25, 0.3) is 0 Å². The quantitative estimate of drug-likeness (QED) is 0.496. The lowest BCUT2D eigenvalue weighted by Gasteiger charge is -2.01. The molecule has 0 fully saturated rings. The van der Waals surface area contributed by atoms with Gasteiger partial charge < -0.3 is 5.11 Å². The second-order valence-electron chi connectivity index (χ2n) is 3.65. The molecule has 0 unspecified atom stereocenters. The average molecular weight is 192 g/mol. The van der Waals surface area contributed by atoms with Gasteiger partial charge in [0.15, 0.2) is 0 Å². The second-order valence-corrected chi connectivity index (χ2v) is 8.40. The minimum absolute atomic E-state index is 0.126. The van der Waals surface area contributed by atoms with Crippen molar-refractivity contribution in [2.45, 2.75) is 26.1 Å². The predicted molar refractivity (Wildman–Crippen MR) is 59.7 cm³/mol. The van der Waals surface area contributed by atoms with E-state index < -0.39 is 8.07 Å². The number of allylic oxidation sites excluding steroid dienone is 2. The highest BCUT2D eigenvalue weighted by atomic mass is 28.3. The Kier molecular flexibility index (Phi) is 6.06. The maximum Gasteiger partial charge on any atom is 0.129 e. The van der Waals surface area contributed by atoms with E-state index in [2.05, 4.69) is 42.9 Å². The van der Waals surface area contributed by atoms with Gasteiger partial charge in [-0.25, -0.2) is 0 Å². The molecule has 1 nitrogen and oxygen atoms in total. The maximum absolute atomic E-state index is 8.43. The summed E-state index contributed by atoms with van der Waals surface area (Å²) in [6.45, 7) is 6.73. The number of rotatable bonds is 1. The van der Waals surface area contributed by atoms with Crippen molar-refractivity contribution in [3.05, 3.63) is 12.2 Å². The Morgan fingerprint density at radius 1 is 1.15 bits per heavy atom. The van der Waals surface area contributed by atoms with Crippen LogP contribution < -0.4 is 0 Å². The van der Waals surface area contributed by atoms with E-state index in [9.17, 15) is 0 Å². The Morgan fingerprint density at radius 3 is 2.31 bits per heavy atom. The van der Waals surface area contributed by atoms with Gasteiger partial charge in [0.25, 0.3) is 0 Å². The average Bonchev–Trinajstić information content (AvgIpc) is 2.01. The van der Waals surface area contributed by atoms with Gasteiger partial charge in [-0.2, -0.15) is 0 Å². The normalized spacial score (nSPS) is 10.2. The smallest absolute Gasteiger partial charge is 0.129 e. The molecule has 0 aliphatic heterocycles. The molecule has 1 N–H and O–H groups in total. The van der Waals surface area contributed by atoms with E-state index >= 15 is 0 Å². The molecule has 0 bridgehead atoms. The molecule has 2 heteroatoms. The van der Waals surface area contributed by atoms with Crippen molar-refractivity contribution in [1.82, 2.24) is 0 Å². The van der Waals surface area contributed by atoms with Crippen LogP contribution in [-0.2, 0) is 0 Å². The van der Waals surface area contributed by atoms with Crippen LogP contribution in [0.3, 0.4) is 0 Å². The Bertz CT molecular complexity index is 275. The van der Waals surface area contributed by atoms with Crippen LogP contribution in [0, 0.1) is 23.3 Å². The number of hydrogen-bond acceptors (Lipinski definition) is 1. The van der Waals surface area contributed by atoms with Gasteiger partial charge in [0.2, 0.25) is 0 Å². The Morgan fingerprint density at radius 2 is 1.77 bits per heavy atom. The molecular formula is C11H16OSi. The van der Waals surface area contributed by atoms with E-state index in [1.807, 2.05) is 0 Å². The summed E-state index contributed by atoms with van der Waals surface area (Å²) in [6, 6.07) is 0. The number of aliphatic hydroxyl groups is 1. The zero-order valence-corrected chi connectivity index (χ0v) is 9.52. The van der Waals surface area contributed by atoms with Gasteiger partial charge in [-0.05, 0) is 12.2 Å². The van der Waals surface area contributed by atoms with E-state index in [4.69, 9.17) is 5.11 Å². The van der Waals surface area contributed by atoms with Gasteiger partial charge in [-0.1, -0.05) is 37.4 Å². The van der Waals surface area contributed by atoms with Crippen molar-refractivity contribution in [3.63, 3.8) is 0 Å². The van der Waals surface area contributed by atoms with Gasteiger partial charge in [-0.15, -0.1) is 5.54 Å². The van der Waals surface area contributed by atoms with E-state index in [-0.39, 0.29) is 6.61 Å². The molecule has 0 saturated heterocycles. The first kappa shape index (κ1) is 12.0. The zero-order chi connectivity index (χ0) is 10.2. The third kappa shape index (κ3) is 11.0. The minimum Gasteiger partial charge on any atom is -0.395 e. The molecule has 0 aromatic heterocycles. The third-order valence-electron chi connectivity index (χ3n) is 1.04. The summed E-state index contributed by atoms with van der Waals surface area (Å²) in [4.78, 5) is 0. The fourth-order valence-electron chi connectivity index (χ4n) is 0.529. The topological polar surface area (TPSA) is 20.2 Å². The van der Waals surface area contributed by atoms with Gasteiger partial charge in [0.05, 0.1) is 6.61 Å². The highest BCUT2D eigenvalue weighted by Crippen LogP contribution is 1.95. The van der Waals surface area contributed by atoms with Crippen LogP contribution in [0.1, 0.15) is 6.42 Å². The highest BCUT2D eigenvalue weighted by molar-refractivity contribution is 6.83.